The van der Waals surface area contributed by atoms with Gasteiger partial charge >= 0.3 is 0 Å². The van der Waals surface area contributed by atoms with Gasteiger partial charge in [0.25, 0.3) is 11.6 Å². The Labute approximate surface area is 166 Å². The van der Waals surface area contributed by atoms with Gasteiger partial charge < -0.3 is 5.11 Å². The molecule has 1 saturated heterocycles. The van der Waals surface area contributed by atoms with Crippen LogP contribution in [0.4, 0.5) is 5.69 Å². The van der Waals surface area contributed by atoms with Crippen LogP contribution < -0.4 is 0 Å². The number of carbonyl (C=O) groups excluding carboxylic acids is 1. The molecule has 132 valence electrons. The number of nitrogens with zero attached hydrogens (tertiary/aromatic N) is 2. The molecule has 0 radical (unpaired) electrons. The van der Waals surface area contributed by atoms with E-state index in [-0.39, 0.29) is 27.4 Å². The largest absolute Gasteiger partial charge is 0.506 e. The highest BCUT2D eigenvalue weighted by Crippen LogP contribution is 2.38. The minimum atomic E-state index is -0.567. The number of amides is 1. The Balaban J connectivity index is 1.92. The topological polar surface area (TPSA) is 83.7 Å². The molecule has 0 aliphatic carbocycles. The number of phenols is 1. The summed E-state index contributed by atoms with van der Waals surface area (Å²) in [5, 5.41) is 21.1. The zero-order chi connectivity index (χ0) is 18.8. The van der Waals surface area contributed by atoms with Gasteiger partial charge in [0.15, 0.2) is 0 Å². The lowest BCUT2D eigenvalue weighted by atomic mass is 10.1. The minimum Gasteiger partial charge on any atom is -0.506 e. The lowest BCUT2D eigenvalue weighted by Crippen LogP contribution is -2.27. The third-order valence-corrected chi connectivity index (χ3v) is 5.61. The third kappa shape index (κ3) is 3.79. The third-order valence-electron chi connectivity index (χ3n) is 3.63. The molecule has 0 saturated carbocycles. The van der Waals surface area contributed by atoms with E-state index in [0.29, 0.717) is 15.8 Å². The van der Waals surface area contributed by atoms with Gasteiger partial charge in [-0.15, -0.1) is 0 Å². The van der Waals surface area contributed by atoms with E-state index >= 15 is 0 Å². The Bertz CT molecular complexity index is 947. The standard InChI is InChI=1S/C17H11BrN2O4S2/c18-13-8-12(20(23)24)6-11(15(13)21)7-14-16(22)19(17(25)26-14)9-10-4-2-1-3-5-10/h1-8,21H,9H2. The normalized spacial score (nSPS) is 15.7. The molecular formula is C17H11BrN2O4S2. The fourth-order valence-corrected chi connectivity index (χ4v) is 4.07. The van der Waals surface area contributed by atoms with Crippen molar-refractivity contribution < 1.29 is 14.8 Å². The first-order valence-corrected chi connectivity index (χ1v) is 9.35. The summed E-state index contributed by atoms with van der Waals surface area (Å²) in [5.41, 5.74) is 0.915. The number of nitro groups is 1. The number of carbonyl (C=O) groups is 1. The van der Waals surface area contributed by atoms with Gasteiger partial charge in [-0.2, -0.15) is 0 Å². The molecule has 9 heteroatoms. The van der Waals surface area contributed by atoms with E-state index in [2.05, 4.69) is 15.9 Å². The Morgan fingerprint density at radius 1 is 1.31 bits per heavy atom. The number of thiocarbonyl (C=S) groups is 1. The molecule has 0 aromatic heterocycles. The predicted octanol–water partition coefficient (Wildman–Crippen LogP) is 4.46. The van der Waals surface area contributed by atoms with Gasteiger partial charge in [0.2, 0.25) is 0 Å². The molecule has 2 aromatic rings. The smallest absolute Gasteiger partial charge is 0.271 e. The van der Waals surface area contributed by atoms with Crippen LogP contribution in [0, 0.1) is 10.1 Å². The quantitative estimate of drug-likeness (QED) is 0.320. The fourth-order valence-electron chi connectivity index (χ4n) is 2.36. The predicted molar refractivity (Wildman–Crippen MR) is 108 cm³/mol. The first-order valence-electron chi connectivity index (χ1n) is 7.33. The van der Waals surface area contributed by atoms with Crippen molar-refractivity contribution in [2.24, 2.45) is 0 Å². The van der Waals surface area contributed by atoms with Crippen molar-refractivity contribution in [1.82, 2.24) is 4.90 Å². The summed E-state index contributed by atoms with van der Waals surface area (Å²) in [4.78, 5) is 24.9. The van der Waals surface area contributed by atoms with E-state index in [0.717, 1.165) is 17.3 Å². The Morgan fingerprint density at radius 2 is 2.00 bits per heavy atom. The van der Waals surface area contributed by atoms with Crippen molar-refractivity contribution in [2.75, 3.05) is 0 Å². The van der Waals surface area contributed by atoms with Crippen LogP contribution in [0.5, 0.6) is 5.75 Å². The SMILES string of the molecule is O=C1C(=Cc2cc([N+](=O)[O-])cc(Br)c2O)SC(=S)N1Cc1ccccc1. The lowest BCUT2D eigenvalue weighted by molar-refractivity contribution is -0.385. The molecule has 2 aromatic carbocycles. The Morgan fingerprint density at radius 3 is 2.65 bits per heavy atom. The van der Waals surface area contributed by atoms with Crippen molar-refractivity contribution >= 4 is 61.9 Å². The number of nitro benzene ring substituents is 1. The van der Waals surface area contributed by atoms with Gasteiger partial charge in [-0.1, -0.05) is 54.3 Å². The van der Waals surface area contributed by atoms with Crippen molar-refractivity contribution in [1.29, 1.82) is 0 Å². The van der Waals surface area contributed by atoms with Crippen LogP contribution in [-0.4, -0.2) is 25.2 Å². The highest BCUT2D eigenvalue weighted by atomic mass is 79.9. The van der Waals surface area contributed by atoms with Crippen LogP contribution >= 0.6 is 39.9 Å². The number of benzene rings is 2. The van der Waals surface area contributed by atoms with Crippen molar-refractivity contribution in [3.05, 3.63) is 73.1 Å². The van der Waals surface area contributed by atoms with E-state index in [4.69, 9.17) is 12.2 Å². The molecule has 3 rings (SSSR count). The summed E-state index contributed by atoms with van der Waals surface area (Å²) in [5.74, 6) is -0.477. The highest BCUT2D eigenvalue weighted by Gasteiger charge is 2.32. The molecule has 0 unspecified atom stereocenters. The summed E-state index contributed by atoms with van der Waals surface area (Å²) in [6.45, 7) is 0.341. The number of hydrogen-bond acceptors (Lipinski definition) is 6. The van der Waals surface area contributed by atoms with Crippen molar-refractivity contribution in [2.45, 2.75) is 6.54 Å². The van der Waals surface area contributed by atoms with Crippen LogP contribution in [0.15, 0.2) is 51.8 Å². The number of aromatic hydroxyl groups is 1. The number of phenolic OH excluding ortho intramolecular Hbond substituents is 1. The lowest BCUT2D eigenvalue weighted by Gasteiger charge is -2.14. The van der Waals surface area contributed by atoms with Gasteiger partial charge in [0, 0.05) is 17.7 Å². The zero-order valence-corrected chi connectivity index (χ0v) is 16.3. The molecule has 1 amide bonds. The van der Waals surface area contributed by atoms with Crippen LogP contribution in [0.25, 0.3) is 6.08 Å². The molecule has 6 nitrogen and oxygen atoms in total. The monoisotopic (exact) mass is 450 g/mol. The molecule has 26 heavy (non-hydrogen) atoms. The molecule has 1 N–H and O–H groups in total. The van der Waals surface area contributed by atoms with Crippen LogP contribution in [0.2, 0.25) is 0 Å². The van der Waals surface area contributed by atoms with E-state index in [9.17, 15) is 20.0 Å². The Hall–Kier alpha value is -2.23. The average Bonchev–Trinajstić information content (AvgIpc) is 2.87. The molecule has 0 spiro atoms. The number of halogens is 1. The maximum Gasteiger partial charge on any atom is 0.271 e. The number of rotatable bonds is 4. The van der Waals surface area contributed by atoms with Gasteiger partial charge in [-0.3, -0.25) is 19.8 Å². The first-order chi connectivity index (χ1) is 12.4. The minimum absolute atomic E-state index is 0.172. The summed E-state index contributed by atoms with van der Waals surface area (Å²) >= 11 is 9.47. The Kier molecular flexibility index (Phi) is 5.40. The van der Waals surface area contributed by atoms with Gasteiger partial charge in [0.1, 0.15) is 10.1 Å². The molecule has 0 atom stereocenters. The molecule has 1 aliphatic heterocycles. The van der Waals surface area contributed by atoms with Gasteiger partial charge in [0.05, 0.1) is 20.8 Å². The molecule has 1 fully saturated rings. The van der Waals surface area contributed by atoms with Crippen molar-refractivity contribution in [3.63, 3.8) is 0 Å². The summed E-state index contributed by atoms with van der Waals surface area (Å²) in [7, 11) is 0. The van der Waals surface area contributed by atoms with Gasteiger partial charge in [-0.05, 0) is 27.6 Å². The van der Waals surface area contributed by atoms with E-state index in [1.54, 1.807) is 0 Å². The van der Waals surface area contributed by atoms with Crippen LogP contribution in [-0.2, 0) is 11.3 Å². The van der Waals surface area contributed by atoms with Crippen LogP contribution in [0.3, 0.4) is 0 Å². The highest BCUT2D eigenvalue weighted by molar-refractivity contribution is 9.10. The molecule has 0 bridgehead atoms. The second-order valence-corrected chi connectivity index (χ2v) is 7.91. The molecule has 1 heterocycles. The van der Waals surface area contributed by atoms with Gasteiger partial charge in [-0.25, -0.2) is 0 Å². The first kappa shape index (κ1) is 18.6. The van der Waals surface area contributed by atoms with Crippen molar-refractivity contribution in [3.8, 4) is 5.75 Å². The van der Waals surface area contributed by atoms with E-state index in [1.807, 2.05) is 30.3 Å². The summed E-state index contributed by atoms with van der Waals surface area (Å²) in [6, 6.07) is 11.8. The molecule has 1 aliphatic rings. The number of non-ortho nitro benzene ring substituents is 1. The van der Waals surface area contributed by atoms with Crippen LogP contribution in [0.1, 0.15) is 11.1 Å². The maximum atomic E-state index is 12.7. The average molecular weight is 451 g/mol. The summed E-state index contributed by atoms with van der Waals surface area (Å²) < 4.78 is 0.576. The zero-order valence-electron chi connectivity index (χ0n) is 13.1. The maximum absolute atomic E-state index is 12.7. The second kappa shape index (κ2) is 7.56. The number of hydrogen-bond donors (Lipinski definition) is 1. The van der Waals surface area contributed by atoms with E-state index in [1.165, 1.54) is 23.1 Å². The van der Waals surface area contributed by atoms with E-state index < -0.39 is 4.92 Å². The fraction of sp³-hybridized carbons (Fsp3) is 0.0588. The summed E-state index contributed by atoms with van der Waals surface area (Å²) in [6.07, 6.45) is 1.41. The molecular weight excluding hydrogens is 440 g/mol. The number of thioether (sulfide) groups is 1. The second-order valence-electron chi connectivity index (χ2n) is 5.38.